The summed E-state index contributed by atoms with van der Waals surface area (Å²) in [5.74, 6) is -1.05. The Hall–Kier alpha value is -0.510. The van der Waals surface area contributed by atoms with Crippen LogP contribution in [0.25, 0.3) is 0 Å². The Kier molecular flexibility index (Phi) is 2.71. The fraction of sp³-hybridized carbons (Fsp3) is 0.375. The van der Waals surface area contributed by atoms with Crippen LogP contribution in [-0.4, -0.2) is 16.1 Å². The van der Waals surface area contributed by atoms with Crippen molar-refractivity contribution < 1.29 is 9.90 Å². The van der Waals surface area contributed by atoms with Crippen molar-refractivity contribution in [2.24, 2.45) is 5.73 Å². The van der Waals surface area contributed by atoms with E-state index >= 15 is 0 Å². The van der Waals surface area contributed by atoms with E-state index in [1.165, 1.54) is 6.08 Å². The quantitative estimate of drug-likeness (QED) is 0.525. The first-order valence-electron chi connectivity index (χ1n) is 3.63. The largest absolute Gasteiger partial charge is 0.478 e. The summed E-state index contributed by atoms with van der Waals surface area (Å²) in [5, 5.41) is 8.98. The topological polar surface area (TPSA) is 63.3 Å². The molecule has 1 atom stereocenters. The van der Waals surface area contributed by atoms with Crippen molar-refractivity contribution in [1.82, 2.24) is 0 Å². The molecule has 0 aliphatic heterocycles. The highest BCUT2D eigenvalue weighted by Crippen LogP contribution is 2.34. The van der Waals surface area contributed by atoms with Gasteiger partial charge < -0.3 is 10.8 Å². The van der Waals surface area contributed by atoms with Gasteiger partial charge in [0.2, 0.25) is 0 Å². The number of hydrogen-bond acceptors (Lipinski definition) is 2. The van der Waals surface area contributed by atoms with Crippen LogP contribution in [-0.2, 0) is 4.79 Å². The summed E-state index contributed by atoms with van der Waals surface area (Å²) in [7, 11) is 0. The van der Waals surface area contributed by atoms with Gasteiger partial charge in [-0.2, -0.15) is 0 Å². The zero-order chi connectivity index (χ0) is 10.2. The normalized spacial score (nSPS) is 28.8. The van der Waals surface area contributed by atoms with Gasteiger partial charge in [0.1, 0.15) is 5.00 Å². The van der Waals surface area contributed by atoms with Gasteiger partial charge in [0, 0.05) is 11.5 Å². The number of carbonyl (C=O) groups is 1. The molecule has 0 aromatic carbocycles. The van der Waals surface area contributed by atoms with Crippen LogP contribution in [0.5, 0.6) is 0 Å². The molecule has 3 N–H and O–H groups in total. The van der Waals surface area contributed by atoms with E-state index in [0.717, 1.165) is 0 Å². The number of carboxylic acids is 1. The zero-order valence-corrected chi connectivity index (χ0v) is 8.49. The molecule has 13 heavy (non-hydrogen) atoms. The molecule has 0 heterocycles. The van der Waals surface area contributed by atoms with Gasteiger partial charge in [-0.3, -0.25) is 0 Å². The van der Waals surface area contributed by atoms with Crippen LogP contribution >= 0.6 is 23.2 Å². The summed E-state index contributed by atoms with van der Waals surface area (Å²) in [6, 6.07) is 0. The lowest BCUT2D eigenvalue weighted by molar-refractivity contribution is -0.132. The van der Waals surface area contributed by atoms with Crippen molar-refractivity contribution in [3.05, 3.63) is 22.3 Å². The standard InChI is InChI=1S/C8H9Cl2NO2/c1-4-2-8(10,11)3-5(9)6(4)7(12)13/h2H,3,11H2,1H3,(H,12,13). The molecule has 0 fully saturated rings. The smallest absolute Gasteiger partial charge is 0.337 e. The first kappa shape index (κ1) is 10.6. The molecule has 0 aromatic rings. The number of rotatable bonds is 1. The Morgan fingerprint density at radius 3 is 2.69 bits per heavy atom. The van der Waals surface area contributed by atoms with Gasteiger partial charge in [-0.25, -0.2) is 4.79 Å². The van der Waals surface area contributed by atoms with Crippen molar-refractivity contribution in [1.29, 1.82) is 0 Å². The Morgan fingerprint density at radius 1 is 1.77 bits per heavy atom. The molecule has 3 nitrogen and oxygen atoms in total. The van der Waals surface area contributed by atoms with Crippen LogP contribution in [0.3, 0.4) is 0 Å². The highest BCUT2D eigenvalue weighted by Gasteiger charge is 2.30. The second kappa shape index (κ2) is 3.33. The highest BCUT2D eigenvalue weighted by molar-refractivity contribution is 6.34. The van der Waals surface area contributed by atoms with E-state index in [1.54, 1.807) is 6.92 Å². The van der Waals surface area contributed by atoms with E-state index in [4.69, 9.17) is 34.0 Å². The van der Waals surface area contributed by atoms with Crippen molar-refractivity contribution in [3.8, 4) is 0 Å². The number of carboxylic acid groups (broad SMARTS) is 1. The third-order valence-electron chi connectivity index (χ3n) is 1.76. The maximum atomic E-state index is 10.7. The minimum absolute atomic E-state index is 0.100. The number of halogens is 2. The molecule has 0 radical (unpaired) electrons. The molecule has 1 unspecified atom stereocenters. The van der Waals surface area contributed by atoms with Crippen molar-refractivity contribution in [3.63, 3.8) is 0 Å². The van der Waals surface area contributed by atoms with E-state index in [2.05, 4.69) is 0 Å². The molecular weight excluding hydrogens is 213 g/mol. The average Bonchev–Trinajstić information content (AvgIpc) is 1.78. The molecule has 5 heteroatoms. The minimum Gasteiger partial charge on any atom is -0.478 e. The Balaban J connectivity index is 3.13. The molecule has 1 aliphatic rings. The molecule has 0 saturated carbocycles. The van der Waals surface area contributed by atoms with E-state index < -0.39 is 11.0 Å². The summed E-state index contributed by atoms with van der Waals surface area (Å²) >= 11 is 11.6. The zero-order valence-electron chi connectivity index (χ0n) is 6.97. The summed E-state index contributed by atoms with van der Waals surface area (Å²) in [6.07, 6.45) is 1.65. The van der Waals surface area contributed by atoms with Gasteiger partial charge in [-0.05, 0) is 18.6 Å². The lowest BCUT2D eigenvalue weighted by Gasteiger charge is -2.24. The van der Waals surface area contributed by atoms with Gasteiger partial charge in [0.15, 0.2) is 0 Å². The summed E-state index contributed by atoms with van der Waals surface area (Å²) < 4.78 is 0. The van der Waals surface area contributed by atoms with Crippen molar-refractivity contribution in [2.75, 3.05) is 0 Å². The molecule has 72 valence electrons. The van der Waals surface area contributed by atoms with Gasteiger partial charge in [0.25, 0.3) is 0 Å². The second-order valence-corrected chi connectivity index (χ2v) is 4.18. The predicted octanol–water partition coefficient (Wildman–Crippen LogP) is 1.81. The van der Waals surface area contributed by atoms with Crippen molar-refractivity contribution >= 4 is 29.2 Å². The Bertz CT molecular complexity index is 318. The minimum atomic E-state index is -1.06. The van der Waals surface area contributed by atoms with Crippen LogP contribution in [0.15, 0.2) is 22.3 Å². The third-order valence-corrected chi connectivity index (χ3v) is 2.33. The lowest BCUT2D eigenvalue weighted by Crippen LogP contribution is -2.34. The summed E-state index contributed by atoms with van der Waals surface area (Å²) in [6.45, 7) is 1.62. The van der Waals surface area contributed by atoms with Crippen LogP contribution in [0.1, 0.15) is 13.3 Å². The summed E-state index contributed by atoms with van der Waals surface area (Å²) in [4.78, 5) is 9.66. The monoisotopic (exact) mass is 221 g/mol. The highest BCUT2D eigenvalue weighted by atomic mass is 35.5. The molecule has 0 saturated heterocycles. The second-order valence-electron chi connectivity index (χ2n) is 3.02. The molecule has 0 bridgehead atoms. The Labute approximate surface area is 85.8 Å². The van der Waals surface area contributed by atoms with Crippen LogP contribution < -0.4 is 5.73 Å². The fourth-order valence-electron chi connectivity index (χ4n) is 1.31. The Morgan fingerprint density at radius 2 is 2.31 bits per heavy atom. The van der Waals surface area contributed by atoms with E-state index in [9.17, 15) is 4.79 Å². The van der Waals surface area contributed by atoms with Crippen LogP contribution in [0, 0.1) is 0 Å². The molecule has 0 aromatic heterocycles. The number of alkyl halides is 1. The van der Waals surface area contributed by atoms with Gasteiger partial charge >= 0.3 is 5.97 Å². The SMILES string of the molecule is CC1=CC(N)(Cl)CC(Cl)=C1C(=O)O. The molecule has 0 spiro atoms. The lowest BCUT2D eigenvalue weighted by atomic mass is 9.96. The molecule has 1 aliphatic carbocycles. The van der Waals surface area contributed by atoms with Gasteiger partial charge in [-0.1, -0.05) is 23.2 Å². The fourth-order valence-corrected chi connectivity index (χ4v) is 2.12. The number of nitrogens with two attached hydrogens (primary N) is 1. The van der Waals surface area contributed by atoms with E-state index in [0.29, 0.717) is 5.57 Å². The average molecular weight is 222 g/mol. The maximum Gasteiger partial charge on any atom is 0.337 e. The molecule has 1 rings (SSSR count). The molecular formula is C8H9Cl2NO2. The first-order chi connectivity index (χ1) is 5.83. The van der Waals surface area contributed by atoms with Crippen LogP contribution in [0.2, 0.25) is 0 Å². The maximum absolute atomic E-state index is 10.7. The van der Waals surface area contributed by atoms with E-state index in [-0.39, 0.29) is 17.0 Å². The van der Waals surface area contributed by atoms with E-state index in [1.807, 2.05) is 0 Å². The third kappa shape index (κ3) is 2.24. The molecule has 0 amide bonds. The number of aliphatic carboxylic acids is 1. The number of hydrogen-bond donors (Lipinski definition) is 2. The van der Waals surface area contributed by atoms with Crippen molar-refractivity contribution in [2.45, 2.75) is 18.3 Å². The van der Waals surface area contributed by atoms with Gasteiger partial charge in [0.05, 0.1) is 5.57 Å². The first-order valence-corrected chi connectivity index (χ1v) is 4.38. The predicted molar refractivity (Wildman–Crippen MR) is 51.7 cm³/mol. The summed E-state index contributed by atoms with van der Waals surface area (Å²) in [5.41, 5.74) is 6.20. The van der Waals surface area contributed by atoms with Gasteiger partial charge in [-0.15, -0.1) is 0 Å². The van der Waals surface area contributed by atoms with Crippen LogP contribution in [0.4, 0.5) is 0 Å².